The fourth-order valence-electron chi connectivity index (χ4n) is 5.16. The average molecular weight is 434 g/mol. The number of fused-ring (bicyclic) bond motifs is 2. The summed E-state index contributed by atoms with van der Waals surface area (Å²) in [5, 5.41) is 24.6. The van der Waals surface area contributed by atoms with Gasteiger partial charge < -0.3 is 15.0 Å². The van der Waals surface area contributed by atoms with E-state index in [4.69, 9.17) is 0 Å². The number of rotatable bonds is 2. The molecule has 7 heteroatoms. The fourth-order valence-corrected chi connectivity index (χ4v) is 5.16. The summed E-state index contributed by atoms with van der Waals surface area (Å²) in [6.07, 6.45) is 1.45. The van der Waals surface area contributed by atoms with Gasteiger partial charge in [-0.2, -0.15) is 0 Å². The monoisotopic (exact) mass is 433 g/mol. The lowest BCUT2D eigenvalue weighted by molar-refractivity contribution is 0.0313. The molecular weight excluding hydrogens is 405 g/mol. The van der Waals surface area contributed by atoms with Crippen molar-refractivity contribution in [2.24, 2.45) is 0 Å². The Morgan fingerprint density at radius 3 is 2.62 bits per heavy atom. The molecule has 0 amide bonds. The zero-order valence-electron chi connectivity index (χ0n) is 19.0. The van der Waals surface area contributed by atoms with Crippen LogP contribution in [-0.4, -0.2) is 42.1 Å². The number of halogens is 1. The van der Waals surface area contributed by atoms with Crippen molar-refractivity contribution in [3.63, 3.8) is 0 Å². The van der Waals surface area contributed by atoms with Crippen LogP contribution in [0.3, 0.4) is 0 Å². The Morgan fingerprint density at radius 2 is 1.84 bits per heavy atom. The summed E-state index contributed by atoms with van der Waals surface area (Å²) >= 11 is 0. The van der Waals surface area contributed by atoms with E-state index in [-0.39, 0.29) is 17.3 Å². The van der Waals surface area contributed by atoms with Crippen LogP contribution in [0.25, 0.3) is 33.2 Å². The minimum absolute atomic E-state index is 0.127. The van der Waals surface area contributed by atoms with Crippen LogP contribution in [0.4, 0.5) is 4.39 Å². The third-order valence-corrected chi connectivity index (χ3v) is 6.45. The van der Waals surface area contributed by atoms with E-state index >= 15 is 4.39 Å². The highest BCUT2D eigenvalue weighted by atomic mass is 19.1. The van der Waals surface area contributed by atoms with Gasteiger partial charge in [0.25, 0.3) is 0 Å². The Kier molecular flexibility index (Phi) is 4.53. The second kappa shape index (κ2) is 6.97. The highest BCUT2D eigenvalue weighted by Crippen LogP contribution is 2.40. The maximum atomic E-state index is 15.5. The van der Waals surface area contributed by atoms with Gasteiger partial charge in [0, 0.05) is 39.3 Å². The number of phenolic OH excluding ortho intramolecular Hbond substituents is 1. The van der Waals surface area contributed by atoms with E-state index in [0.29, 0.717) is 23.3 Å². The number of aryl methyl sites for hydroxylation is 1. The second-order valence-corrected chi connectivity index (χ2v) is 10.2. The molecule has 1 aliphatic rings. The number of nitrogens with zero attached hydrogens (tertiary/aromatic N) is 4. The molecule has 1 saturated heterocycles. The Labute approximate surface area is 186 Å². The van der Waals surface area contributed by atoms with Crippen LogP contribution < -0.4 is 5.32 Å². The summed E-state index contributed by atoms with van der Waals surface area (Å²) in [7, 11) is 0. The zero-order chi connectivity index (χ0) is 22.8. The molecule has 0 unspecified atom stereocenters. The topological polar surface area (TPSA) is 75.9 Å². The zero-order valence-corrected chi connectivity index (χ0v) is 19.0. The van der Waals surface area contributed by atoms with Gasteiger partial charge in [0.05, 0.1) is 17.3 Å². The van der Waals surface area contributed by atoms with E-state index in [1.165, 1.54) is 0 Å². The van der Waals surface area contributed by atoms with Crippen molar-refractivity contribution in [3.8, 4) is 17.0 Å². The molecule has 1 fully saturated rings. The molecule has 5 rings (SSSR count). The maximum absolute atomic E-state index is 15.5. The van der Waals surface area contributed by atoms with E-state index in [9.17, 15) is 5.11 Å². The number of hydrogen-bond acceptors (Lipinski definition) is 5. The Bertz CT molecular complexity index is 1340. The van der Waals surface area contributed by atoms with E-state index in [0.717, 1.165) is 22.0 Å². The van der Waals surface area contributed by atoms with Gasteiger partial charge in [0.15, 0.2) is 5.65 Å². The summed E-state index contributed by atoms with van der Waals surface area (Å²) in [6, 6.07) is 10.9. The molecule has 6 nitrogen and oxygen atoms in total. The van der Waals surface area contributed by atoms with E-state index in [1.54, 1.807) is 6.07 Å². The highest BCUT2D eigenvalue weighted by Gasteiger charge is 2.47. The number of piperidine rings is 1. The molecule has 2 N–H and O–H groups in total. The Hall–Kier alpha value is -3.06. The lowest BCUT2D eigenvalue weighted by Crippen LogP contribution is -2.64. The lowest BCUT2D eigenvalue weighted by Gasteiger charge is -2.49. The quantitative estimate of drug-likeness (QED) is 0.461. The molecule has 1 aliphatic heterocycles. The number of aromatic hydroxyl groups is 1. The summed E-state index contributed by atoms with van der Waals surface area (Å²) in [5.41, 5.74) is 2.61. The predicted molar refractivity (Wildman–Crippen MR) is 125 cm³/mol. The molecule has 166 valence electrons. The number of benzene rings is 1. The Balaban J connectivity index is 1.58. The normalized spacial score (nSPS) is 22.4. The van der Waals surface area contributed by atoms with Crippen molar-refractivity contribution in [1.82, 2.24) is 25.1 Å². The molecule has 0 aliphatic carbocycles. The molecule has 0 bridgehead atoms. The fraction of sp³-hybridized carbons (Fsp3) is 0.400. The Morgan fingerprint density at radius 1 is 1.06 bits per heavy atom. The first kappa shape index (κ1) is 20.8. The van der Waals surface area contributed by atoms with Crippen LogP contribution in [-0.2, 0) is 0 Å². The van der Waals surface area contributed by atoms with Gasteiger partial charge in [0.1, 0.15) is 11.9 Å². The molecule has 3 aromatic heterocycles. The van der Waals surface area contributed by atoms with Crippen molar-refractivity contribution >= 4 is 21.9 Å². The molecule has 4 heterocycles. The van der Waals surface area contributed by atoms with Gasteiger partial charge in [0.2, 0.25) is 0 Å². The van der Waals surface area contributed by atoms with Gasteiger partial charge in [-0.25, -0.2) is 4.39 Å². The van der Waals surface area contributed by atoms with Crippen LogP contribution in [0.5, 0.6) is 5.75 Å². The van der Waals surface area contributed by atoms with Gasteiger partial charge in [-0.05, 0) is 71.4 Å². The van der Waals surface area contributed by atoms with E-state index in [2.05, 4.69) is 34.3 Å². The molecule has 0 saturated carbocycles. The summed E-state index contributed by atoms with van der Waals surface area (Å²) in [6.45, 7) is 9.93. The molecule has 4 aromatic rings. The van der Waals surface area contributed by atoms with Crippen LogP contribution in [0.2, 0.25) is 0 Å². The first-order valence-electron chi connectivity index (χ1n) is 10.9. The van der Waals surface area contributed by atoms with E-state index in [1.807, 2.05) is 61.9 Å². The number of phenols is 1. The van der Waals surface area contributed by atoms with Crippen LogP contribution >= 0.6 is 0 Å². The van der Waals surface area contributed by atoms with Crippen molar-refractivity contribution < 1.29 is 9.50 Å². The smallest absolute Gasteiger partial charge is 0.162 e. The van der Waals surface area contributed by atoms with Crippen LogP contribution in [0.15, 0.2) is 42.6 Å². The maximum Gasteiger partial charge on any atom is 0.162 e. The average Bonchev–Trinajstić information content (AvgIpc) is 3.13. The lowest BCUT2D eigenvalue weighted by atomic mass is 9.78. The third-order valence-electron chi connectivity index (χ3n) is 6.45. The van der Waals surface area contributed by atoms with Crippen LogP contribution in [0, 0.1) is 6.92 Å². The van der Waals surface area contributed by atoms with Gasteiger partial charge in [-0.1, -0.05) is 6.07 Å². The highest BCUT2D eigenvalue weighted by molar-refractivity contribution is 5.89. The number of nitrogens with one attached hydrogen (secondary N) is 1. The molecule has 2 atom stereocenters. The van der Waals surface area contributed by atoms with Crippen LogP contribution in [0.1, 0.15) is 45.9 Å². The van der Waals surface area contributed by atoms with E-state index < -0.39 is 11.7 Å². The largest absolute Gasteiger partial charge is 0.507 e. The summed E-state index contributed by atoms with van der Waals surface area (Å²) in [4.78, 5) is 4.56. The molecule has 0 radical (unpaired) electrons. The standard InChI is InChI=1S/C25H28FN5O/c1-14-6-7-15-11-21(32)17(12-18(15)27-14)19-10-16-8-9-31(23(16)29-28-19)20-13-24(2,3)30-25(4,5)22(20)26/h6-12,20,22,30,32H,13H2,1-5H3/t20-,22-/m0/s1. The number of aromatic nitrogens is 4. The van der Waals surface area contributed by atoms with Gasteiger partial charge >= 0.3 is 0 Å². The first-order valence-corrected chi connectivity index (χ1v) is 10.9. The van der Waals surface area contributed by atoms with Crippen molar-refractivity contribution in [3.05, 3.63) is 48.3 Å². The number of pyridine rings is 1. The minimum Gasteiger partial charge on any atom is -0.507 e. The minimum atomic E-state index is -1.08. The predicted octanol–water partition coefficient (Wildman–Crippen LogP) is 5.09. The SMILES string of the molecule is Cc1ccc2cc(O)c(-c3cc4ccn([C@H]5CC(C)(C)NC(C)(C)[C@H]5F)c4nn3)cc2n1. The first-order chi connectivity index (χ1) is 15.0. The van der Waals surface area contributed by atoms with Gasteiger partial charge in [-0.3, -0.25) is 4.98 Å². The number of alkyl halides is 1. The van der Waals surface area contributed by atoms with Crippen molar-refractivity contribution in [2.45, 2.75) is 64.3 Å². The third kappa shape index (κ3) is 3.41. The second-order valence-electron chi connectivity index (χ2n) is 10.2. The molecule has 32 heavy (non-hydrogen) atoms. The summed E-state index contributed by atoms with van der Waals surface area (Å²) in [5.74, 6) is 0.127. The molecule has 0 spiro atoms. The van der Waals surface area contributed by atoms with Crippen molar-refractivity contribution in [2.75, 3.05) is 0 Å². The molecule has 1 aromatic carbocycles. The van der Waals surface area contributed by atoms with Gasteiger partial charge in [-0.15, -0.1) is 10.2 Å². The molecular formula is C25H28FN5O. The number of hydrogen-bond donors (Lipinski definition) is 2. The summed E-state index contributed by atoms with van der Waals surface area (Å²) < 4.78 is 17.4. The van der Waals surface area contributed by atoms with Crippen molar-refractivity contribution in [1.29, 1.82) is 0 Å².